The number of nitro groups is 1. The molecule has 0 aliphatic carbocycles. The van der Waals surface area contributed by atoms with Gasteiger partial charge in [0, 0.05) is 12.1 Å². The lowest BCUT2D eigenvalue weighted by Crippen LogP contribution is -2.30. The molecule has 2 rings (SSSR count). The molecule has 10 nitrogen and oxygen atoms in total. The van der Waals surface area contributed by atoms with Gasteiger partial charge in [0.25, 0.3) is 11.6 Å². The molecule has 1 atom stereocenters. The summed E-state index contributed by atoms with van der Waals surface area (Å²) in [4.78, 5) is 46.7. The molecule has 10 heteroatoms. The van der Waals surface area contributed by atoms with E-state index in [4.69, 9.17) is 9.47 Å². The van der Waals surface area contributed by atoms with Crippen molar-refractivity contribution >= 4 is 29.2 Å². The van der Waals surface area contributed by atoms with Crippen molar-refractivity contribution in [3.63, 3.8) is 0 Å². The van der Waals surface area contributed by atoms with E-state index in [1.165, 1.54) is 14.0 Å². The van der Waals surface area contributed by atoms with E-state index in [1.54, 1.807) is 24.3 Å². The number of nitrogens with zero attached hydrogens (tertiary/aromatic N) is 1. The van der Waals surface area contributed by atoms with E-state index in [9.17, 15) is 24.5 Å². The maximum atomic E-state index is 12.4. The van der Waals surface area contributed by atoms with Gasteiger partial charge in [0.15, 0.2) is 6.10 Å². The van der Waals surface area contributed by atoms with Crippen LogP contribution in [0.3, 0.4) is 0 Å². The summed E-state index contributed by atoms with van der Waals surface area (Å²) in [5.74, 6) is -2.09. The van der Waals surface area contributed by atoms with E-state index in [0.29, 0.717) is 11.4 Å². The summed E-state index contributed by atoms with van der Waals surface area (Å²) in [5, 5.41) is 13.6. The first kappa shape index (κ1) is 21.4. The summed E-state index contributed by atoms with van der Waals surface area (Å²) in [7, 11) is 2.54. The molecule has 29 heavy (non-hydrogen) atoms. The number of hydrogen-bond donors (Lipinski definition) is 1. The SMILES string of the molecule is COC(=O)c1cc(C(=O)O[C@@H](C)C(=O)Nc2ccccc2OC)cc([N+](=O)[O-])c1. The normalized spacial score (nSPS) is 11.1. The van der Waals surface area contributed by atoms with Crippen LogP contribution in [0.1, 0.15) is 27.6 Å². The minimum absolute atomic E-state index is 0.195. The van der Waals surface area contributed by atoms with Crippen LogP contribution in [0, 0.1) is 10.1 Å². The number of carbonyl (C=O) groups is 3. The zero-order valence-corrected chi connectivity index (χ0v) is 15.8. The molecular weight excluding hydrogens is 384 g/mol. The van der Waals surface area contributed by atoms with Gasteiger partial charge in [0.2, 0.25) is 0 Å². The third-order valence-corrected chi connectivity index (χ3v) is 3.80. The van der Waals surface area contributed by atoms with Crippen molar-refractivity contribution in [1.82, 2.24) is 0 Å². The van der Waals surface area contributed by atoms with Crippen molar-refractivity contribution < 1.29 is 33.5 Å². The van der Waals surface area contributed by atoms with Crippen molar-refractivity contribution in [3.8, 4) is 5.75 Å². The largest absolute Gasteiger partial charge is 0.495 e. The van der Waals surface area contributed by atoms with Gasteiger partial charge in [-0.3, -0.25) is 14.9 Å². The van der Waals surface area contributed by atoms with Crippen molar-refractivity contribution in [2.45, 2.75) is 13.0 Å². The molecule has 0 bridgehead atoms. The van der Waals surface area contributed by atoms with Crippen LogP contribution in [0.5, 0.6) is 5.75 Å². The van der Waals surface area contributed by atoms with Gasteiger partial charge >= 0.3 is 11.9 Å². The van der Waals surface area contributed by atoms with Gasteiger partial charge in [0.1, 0.15) is 5.75 Å². The van der Waals surface area contributed by atoms with Crippen LogP contribution in [0.15, 0.2) is 42.5 Å². The van der Waals surface area contributed by atoms with Crippen molar-refractivity contribution in [2.75, 3.05) is 19.5 Å². The molecule has 0 saturated carbocycles. The lowest BCUT2D eigenvalue weighted by atomic mass is 10.1. The third kappa shape index (κ3) is 5.28. The highest BCUT2D eigenvalue weighted by Gasteiger charge is 2.23. The summed E-state index contributed by atoms with van der Waals surface area (Å²) < 4.78 is 14.7. The van der Waals surface area contributed by atoms with Crippen LogP contribution < -0.4 is 10.1 Å². The minimum atomic E-state index is -1.23. The first-order valence-electron chi connectivity index (χ1n) is 8.29. The van der Waals surface area contributed by atoms with Crippen molar-refractivity contribution in [2.24, 2.45) is 0 Å². The van der Waals surface area contributed by atoms with Gasteiger partial charge in [-0.15, -0.1) is 0 Å². The minimum Gasteiger partial charge on any atom is -0.495 e. The Balaban J connectivity index is 2.18. The first-order valence-corrected chi connectivity index (χ1v) is 8.29. The summed E-state index contributed by atoms with van der Waals surface area (Å²) in [6.07, 6.45) is -1.23. The Labute approximate surface area is 165 Å². The van der Waals surface area contributed by atoms with E-state index in [2.05, 4.69) is 10.1 Å². The summed E-state index contributed by atoms with van der Waals surface area (Å²) in [6.45, 7) is 1.33. The second-order valence-corrected chi connectivity index (χ2v) is 5.75. The predicted octanol–water partition coefficient (Wildman–Crippen LogP) is 2.57. The quantitative estimate of drug-likeness (QED) is 0.424. The van der Waals surface area contributed by atoms with E-state index < -0.39 is 34.6 Å². The Hall–Kier alpha value is -3.95. The van der Waals surface area contributed by atoms with E-state index in [0.717, 1.165) is 25.3 Å². The van der Waals surface area contributed by atoms with Crippen molar-refractivity contribution in [3.05, 3.63) is 63.7 Å². The number of carbonyl (C=O) groups excluding carboxylic acids is 3. The number of nitro benzene ring substituents is 1. The number of para-hydroxylation sites is 2. The summed E-state index contributed by atoms with van der Waals surface area (Å²) in [6, 6.07) is 9.66. The molecule has 0 aliphatic rings. The lowest BCUT2D eigenvalue weighted by molar-refractivity contribution is -0.384. The standard InChI is InChI=1S/C19H18N2O8/c1-11(17(22)20-15-6-4-5-7-16(15)27-2)29-19(24)13-8-12(18(23)28-3)9-14(10-13)21(25)26/h4-11H,1-3H3,(H,20,22)/t11-/m0/s1. The van der Waals surface area contributed by atoms with Crippen LogP contribution in [-0.2, 0) is 14.3 Å². The Morgan fingerprint density at radius 3 is 2.24 bits per heavy atom. The van der Waals surface area contributed by atoms with Crippen molar-refractivity contribution in [1.29, 1.82) is 0 Å². The average molecular weight is 402 g/mol. The van der Waals surface area contributed by atoms with Gasteiger partial charge in [0.05, 0.1) is 36.0 Å². The number of ether oxygens (including phenoxy) is 3. The van der Waals surface area contributed by atoms with Crippen LogP contribution in [0.2, 0.25) is 0 Å². The molecule has 0 unspecified atom stereocenters. The highest BCUT2D eigenvalue weighted by molar-refractivity contribution is 5.99. The van der Waals surface area contributed by atoms with E-state index in [-0.39, 0.29) is 11.1 Å². The highest BCUT2D eigenvalue weighted by Crippen LogP contribution is 2.24. The monoisotopic (exact) mass is 402 g/mol. The fourth-order valence-electron chi connectivity index (χ4n) is 2.33. The van der Waals surface area contributed by atoms with E-state index >= 15 is 0 Å². The number of hydrogen-bond acceptors (Lipinski definition) is 8. The number of amides is 1. The fourth-order valence-corrected chi connectivity index (χ4v) is 2.33. The Morgan fingerprint density at radius 2 is 1.66 bits per heavy atom. The molecule has 1 amide bonds. The summed E-state index contributed by atoms with van der Waals surface area (Å²) >= 11 is 0. The van der Waals surface area contributed by atoms with Gasteiger partial charge in [-0.1, -0.05) is 12.1 Å². The van der Waals surface area contributed by atoms with Crippen LogP contribution in [0.25, 0.3) is 0 Å². The molecule has 1 N–H and O–H groups in total. The molecule has 0 aromatic heterocycles. The molecule has 2 aromatic rings. The van der Waals surface area contributed by atoms with Gasteiger partial charge in [-0.2, -0.15) is 0 Å². The molecule has 0 radical (unpaired) electrons. The highest BCUT2D eigenvalue weighted by atomic mass is 16.6. The first-order chi connectivity index (χ1) is 13.8. The number of esters is 2. The molecule has 0 heterocycles. The molecule has 0 fully saturated rings. The molecule has 0 aliphatic heterocycles. The van der Waals surface area contributed by atoms with Gasteiger partial charge < -0.3 is 19.5 Å². The number of benzene rings is 2. The van der Waals surface area contributed by atoms with Crippen LogP contribution >= 0.6 is 0 Å². The number of anilines is 1. The Bertz CT molecular complexity index is 957. The molecular formula is C19H18N2O8. The Morgan fingerprint density at radius 1 is 1.03 bits per heavy atom. The fraction of sp³-hybridized carbons (Fsp3) is 0.211. The molecule has 152 valence electrons. The maximum absolute atomic E-state index is 12.4. The second kappa shape index (κ2) is 9.31. The number of methoxy groups -OCH3 is 2. The number of nitrogens with one attached hydrogen (secondary N) is 1. The van der Waals surface area contributed by atoms with Gasteiger partial charge in [-0.05, 0) is 25.1 Å². The van der Waals surface area contributed by atoms with Crippen LogP contribution in [0.4, 0.5) is 11.4 Å². The molecule has 0 saturated heterocycles. The zero-order chi connectivity index (χ0) is 21.6. The smallest absolute Gasteiger partial charge is 0.339 e. The average Bonchev–Trinajstić information content (AvgIpc) is 2.72. The third-order valence-electron chi connectivity index (χ3n) is 3.80. The zero-order valence-electron chi connectivity index (χ0n) is 15.8. The summed E-state index contributed by atoms with van der Waals surface area (Å²) in [5.41, 5.74) is -0.575. The topological polar surface area (TPSA) is 134 Å². The second-order valence-electron chi connectivity index (χ2n) is 5.75. The van der Waals surface area contributed by atoms with Crippen LogP contribution in [-0.4, -0.2) is 43.1 Å². The maximum Gasteiger partial charge on any atom is 0.339 e. The lowest BCUT2D eigenvalue weighted by Gasteiger charge is -2.15. The molecule has 2 aromatic carbocycles. The molecule has 0 spiro atoms. The predicted molar refractivity (Wildman–Crippen MR) is 101 cm³/mol. The van der Waals surface area contributed by atoms with Gasteiger partial charge in [-0.25, -0.2) is 9.59 Å². The number of rotatable bonds is 7. The number of non-ortho nitro benzene ring substituents is 1. The Kier molecular flexibility index (Phi) is 6.85. The van der Waals surface area contributed by atoms with E-state index in [1.807, 2.05) is 0 Å².